The van der Waals surface area contributed by atoms with Crippen LogP contribution in [0.2, 0.25) is 0 Å². The van der Waals surface area contributed by atoms with E-state index < -0.39 is 25.8 Å². The third-order valence-electron chi connectivity index (χ3n) is 5.00. The molecule has 1 heterocycles. The number of hydrogen-bond donors (Lipinski definition) is 1. The van der Waals surface area contributed by atoms with Gasteiger partial charge in [-0.3, -0.25) is 4.79 Å². The van der Waals surface area contributed by atoms with Gasteiger partial charge >= 0.3 is 0 Å². The van der Waals surface area contributed by atoms with Gasteiger partial charge in [0.05, 0.1) is 12.0 Å². The van der Waals surface area contributed by atoms with E-state index in [-0.39, 0.29) is 22.1 Å². The van der Waals surface area contributed by atoms with Gasteiger partial charge in [-0.25, -0.2) is 16.8 Å². The highest BCUT2D eigenvalue weighted by molar-refractivity contribution is 7.90. The zero-order valence-corrected chi connectivity index (χ0v) is 19.5. The van der Waals surface area contributed by atoms with Crippen LogP contribution in [0.15, 0.2) is 52.3 Å². The molecule has 0 spiro atoms. The molecular weight excluding hydrogens is 456 g/mol. The van der Waals surface area contributed by atoms with E-state index in [4.69, 9.17) is 9.47 Å². The molecule has 0 radical (unpaired) electrons. The van der Waals surface area contributed by atoms with Gasteiger partial charge in [-0.2, -0.15) is 4.31 Å². The van der Waals surface area contributed by atoms with Crippen LogP contribution < -0.4 is 14.8 Å². The number of amides is 1. The smallest absolute Gasteiger partial charge is 0.262 e. The van der Waals surface area contributed by atoms with Crippen LogP contribution in [0.25, 0.3) is 0 Å². The van der Waals surface area contributed by atoms with Gasteiger partial charge in [-0.05, 0) is 55.3 Å². The van der Waals surface area contributed by atoms with Crippen molar-refractivity contribution in [1.29, 1.82) is 0 Å². The lowest BCUT2D eigenvalue weighted by atomic mass is 10.2. The number of hydrogen-bond acceptors (Lipinski definition) is 7. The molecule has 174 valence electrons. The van der Waals surface area contributed by atoms with Gasteiger partial charge in [-0.1, -0.05) is 6.42 Å². The van der Waals surface area contributed by atoms with Crippen molar-refractivity contribution in [2.24, 2.45) is 0 Å². The first-order valence-electron chi connectivity index (χ1n) is 10.0. The van der Waals surface area contributed by atoms with E-state index >= 15 is 0 Å². The number of carbonyl (C=O) groups is 1. The van der Waals surface area contributed by atoms with Gasteiger partial charge in [0.25, 0.3) is 5.91 Å². The van der Waals surface area contributed by atoms with E-state index in [9.17, 15) is 21.6 Å². The van der Waals surface area contributed by atoms with Gasteiger partial charge < -0.3 is 14.8 Å². The second-order valence-corrected chi connectivity index (χ2v) is 11.3. The molecule has 1 saturated heterocycles. The van der Waals surface area contributed by atoms with Crippen molar-refractivity contribution < 1.29 is 31.1 Å². The number of ether oxygens (including phenoxy) is 2. The highest BCUT2D eigenvalue weighted by Crippen LogP contribution is 2.31. The van der Waals surface area contributed by atoms with Gasteiger partial charge in [0.1, 0.15) is 16.4 Å². The first-order valence-corrected chi connectivity index (χ1v) is 13.4. The summed E-state index contributed by atoms with van der Waals surface area (Å²) in [5.41, 5.74) is 0.294. The monoisotopic (exact) mass is 482 g/mol. The number of nitrogens with zero attached hydrogens (tertiary/aromatic N) is 1. The maximum Gasteiger partial charge on any atom is 0.262 e. The van der Waals surface area contributed by atoms with E-state index in [2.05, 4.69) is 5.32 Å². The Balaban J connectivity index is 1.69. The van der Waals surface area contributed by atoms with E-state index in [1.807, 2.05) is 0 Å². The summed E-state index contributed by atoms with van der Waals surface area (Å²) in [6.45, 7) is 0.570. The Labute approximate surface area is 188 Å². The topological polar surface area (TPSA) is 119 Å². The lowest BCUT2D eigenvalue weighted by molar-refractivity contribution is -0.118. The number of nitrogens with one attached hydrogen (secondary N) is 1. The largest absolute Gasteiger partial charge is 0.495 e. The van der Waals surface area contributed by atoms with Crippen LogP contribution in [0.5, 0.6) is 11.5 Å². The molecule has 1 aliphatic rings. The quantitative estimate of drug-likeness (QED) is 0.613. The molecule has 0 aromatic heterocycles. The average Bonchev–Trinajstić information content (AvgIpc) is 2.78. The second kappa shape index (κ2) is 9.88. The molecule has 1 amide bonds. The Kier molecular flexibility index (Phi) is 7.42. The molecule has 11 heteroatoms. The first kappa shape index (κ1) is 24.0. The number of sulfone groups is 1. The van der Waals surface area contributed by atoms with Gasteiger partial charge in [-0.15, -0.1) is 0 Å². The van der Waals surface area contributed by atoms with E-state index in [0.29, 0.717) is 24.5 Å². The van der Waals surface area contributed by atoms with Crippen LogP contribution in [0, 0.1) is 0 Å². The molecule has 0 unspecified atom stereocenters. The highest BCUT2D eigenvalue weighted by atomic mass is 32.2. The van der Waals surface area contributed by atoms with Crippen LogP contribution in [0.4, 0.5) is 5.69 Å². The summed E-state index contributed by atoms with van der Waals surface area (Å²) in [7, 11) is -5.68. The fourth-order valence-electron chi connectivity index (χ4n) is 3.33. The number of piperidine rings is 1. The number of carbonyl (C=O) groups excluding carboxylic acids is 1. The minimum absolute atomic E-state index is 0.00279. The molecule has 9 nitrogen and oxygen atoms in total. The molecular formula is C21H26N2O7S2. The molecule has 0 aliphatic carbocycles. The zero-order valence-electron chi connectivity index (χ0n) is 17.9. The first-order chi connectivity index (χ1) is 15.1. The van der Waals surface area contributed by atoms with Crippen molar-refractivity contribution in [3.8, 4) is 11.5 Å². The maximum absolute atomic E-state index is 13.1. The van der Waals surface area contributed by atoms with Crippen LogP contribution in [-0.4, -0.2) is 60.1 Å². The van der Waals surface area contributed by atoms with Crippen LogP contribution in [0.3, 0.4) is 0 Å². The molecule has 1 N–H and O–H groups in total. The summed E-state index contributed by atoms with van der Waals surface area (Å²) >= 11 is 0. The fraction of sp³-hybridized carbons (Fsp3) is 0.381. The Hall–Kier alpha value is -2.63. The summed E-state index contributed by atoms with van der Waals surface area (Å²) in [5, 5.41) is 2.62. The molecule has 2 aromatic carbocycles. The number of benzene rings is 2. The van der Waals surface area contributed by atoms with Crippen LogP contribution in [0.1, 0.15) is 19.3 Å². The van der Waals surface area contributed by atoms with E-state index in [1.165, 1.54) is 47.8 Å². The van der Waals surface area contributed by atoms with Crippen molar-refractivity contribution >= 4 is 31.5 Å². The summed E-state index contributed by atoms with van der Waals surface area (Å²) < 4.78 is 61.2. The Morgan fingerprint density at radius 1 is 1.00 bits per heavy atom. The van der Waals surface area contributed by atoms with Crippen LogP contribution >= 0.6 is 0 Å². The zero-order chi connectivity index (χ0) is 23.4. The normalized spacial score (nSPS) is 15.2. The molecule has 32 heavy (non-hydrogen) atoms. The predicted molar refractivity (Wildman–Crippen MR) is 119 cm³/mol. The predicted octanol–water partition coefficient (Wildman–Crippen LogP) is 2.29. The SMILES string of the molecule is COc1ccc(NC(=O)COc2ccc(S(C)(=O)=O)cc2)cc1S(=O)(=O)N1CCCCC1. The molecule has 3 rings (SSSR count). The minimum Gasteiger partial charge on any atom is -0.495 e. The van der Waals surface area contributed by atoms with Crippen molar-refractivity contribution in [2.75, 3.05) is 38.4 Å². The number of sulfonamides is 1. The summed E-state index contributed by atoms with van der Waals surface area (Å²) in [4.78, 5) is 12.5. The van der Waals surface area contributed by atoms with E-state index in [1.54, 1.807) is 6.07 Å². The Bertz CT molecular complexity index is 1170. The van der Waals surface area contributed by atoms with Crippen molar-refractivity contribution in [3.05, 3.63) is 42.5 Å². The van der Waals surface area contributed by atoms with Gasteiger partial charge in [0.2, 0.25) is 10.0 Å². The summed E-state index contributed by atoms with van der Waals surface area (Å²) in [6.07, 6.45) is 3.71. The molecule has 0 saturated carbocycles. The Morgan fingerprint density at radius 3 is 2.25 bits per heavy atom. The van der Waals surface area contributed by atoms with Crippen molar-refractivity contribution in [3.63, 3.8) is 0 Å². The summed E-state index contributed by atoms with van der Waals surface area (Å²) in [5.74, 6) is 0.0371. The highest BCUT2D eigenvalue weighted by Gasteiger charge is 2.29. The van der Waals surface area contributed by atoms with Gasteiger partial charge in [0, 0.05) is 25.0 Å². The number of methoxy groups -OCH3 is 1. The number of anilines is 1. The maximum atomic E-state index is 13.1. The molecule has 0 bridgehead atoms. The third kappa shape index (κ3) is 5.78. The number of rotatable bonds is 8. The fourth-order valence-corrected chi connectivity index (χ4v) is 5.66. The average molecular weight is 483 g/mol. The Morgan fingerprint density at radius 2 is 1.66 bits per heavy atom. The van der Waals surface area contributed by atoms with Crippen LogP contribution in [-0.2, 0) is 24.7 Å². The van der Waals surface area contributed by atoms with Gasteiger partial charge in [0.15, 0.2) is 16.4 Å². The lowest BCUT2D eigenvalue weighted by Crippen LogP contribution is -2.35. The molecule has 0 atom stereocenters. The standard InChI is InChI=1S/C21H26N2O7S2/c1-29-19-11-6-16(14-20(19)32(27,28)23-12-4-3-5-13-23)22-21(24)15-30-17-7-9-18(10-8-17)31(2,25)26/h6-11,14H,3-5,12-13,15H2,1-2H3,(H,22,24). The van der Waals surface area contributed by atoms with Crippen molar-refractivity contribution in [1.82, 2.24) is 4.31 Å². The molecule has 1 fully saturated rings. The molecule has 1 aliphatic heterocycles. The molecule has 2 aromatic rings. The lowest BCUT2D eigenvalue weighted by Gasteiger charge is -2.26. The minimum atomic E-state index is -3.76. The van der Waals surface area contributed by atoms with Crippen molar-refractivity contribution in [2.45, 2.75) is 29.1 Å². The van der Waals surface area contributed by atoms with E-state index in [0.717, 1.165) is 25.5 Å². The second-order valence-electron chi connectivity index (χ2n) is 7.41. The third-order valence-corrected chi connectivity index (χ3v) is 8.05. The summed E-state index contributed by atoms with van der Waals surface area (Å²) in [6, 6.07) is 10.1.